The predicted molar refractivity (Wildman–Crippen MR) is 57.2 cm³/mol. The highest BCUT2D eigenvalue weighted by Crippen LogP contribution is 2.04. The van der Waals surface area contributed by atoms with Crippen LogP contribution in [0.5, 0.6) is 0 Å². The van der Waals surface area contributed by atoms with Crippen molar-refractivity contribution in [2.45, 2.75) is 20.1 Å². The number of hydrogen-bond donors (Lipinski definition) is 1. The van der Waals surface area contributed by atoms with E-state index in [4.69, 9.17) is 4.74 Å². The van der Waals surface area contributed by atoms with E-state index in [1.807, 2.05) is 12.2 Å². The smallest absolute Gasteiger partial charge is 0.129 e. The molecule has 1 atom stereocenters. The molecular weight excluding hydrogens is 162 g/mol. The van der Waals surface area contributed by atoms with Gasteiger partial charge in [-0.3, -0.25) is 0 Å². The van der Waals surface area contributed by atoms with Gasteiger partial charge in [0.1, 0.15) is 6.23 Å². The van der Waals surface area contributed by atoms with Gasteiger partial charge in [0.2, 0.25) is 0 Å². The molecule has 1 N–H and O–H groups in total. The zero-order valence-corrected chi connectivity index (χ0v) is 8.71. The van der Waals surface area contributed by atoms with Gasteiger partial charge in [-0.25, -0.2) is 0 Å². The summed E-state index contributed by atoms with van der Waals surface area (Å²) in [5, 5.41) is 3.15. The standard InChI is InChI=1S/C11H19NO/c1-6-7-8-10(4)12-11(13-5)9(2)3/h6-9,11-12H,1,4H2,2-3,5H3/b8-7-/t11-/m1/s1. The minimum Gasteiger partial charge on any atom is -0.362 e. The second kappa shape index (κ2) is 6.49. The van der Waals surface area contributed by atoms with E-state index in [0.717, 1.165) is 5.70 Å². The van der Waals surface area contributed by atoms with Gasteiger partial charge < -0.3 is 10.1 Å². The molecule has 0 saturated heterocycles. The summed E-state index contributed by atoms with van der Waals surface area (Å²) in [6.07, 6.45) is 5.43. The third-order valence-corrected chi connectivity index (χ3v) is 1.62. The topological polar surface area (TPSA) is 21.3 Å². The van der Waals surface area contributed by atoms with Crippen LogP contribution in [0.1, 0.15) is 13.8 Å². The molecule has 0 aromatic heterocycles. The molecule has 13 heavy (non-hydrogen) atoms. The largest absolute Gasteiger partial charge is 0.362 e. The van der Waals surface area contributed by atoms with Gasteiger partial charge in [0.25, 0.3) is 0 Å². The Morgan fingerprint density at radius 3 is 2.46 bits per heavy atom. The van der Waals surface area contributed by atoms with Gasteiger partial charge in [0, 0.05) is 12.8 Å². The van der Waals surface area contributed by atoms with E-state index in [0.29, 0.717) is 5.92 Å². The maximum absolute atomic E-state index is 5.23. The van der Waals surface area contributed by atoms with Crippen molar-refractivity contribution >= 4 is 0 Å². The van der Waals surface area contributed by atoms with Gasteiger partial charge in [-0.1, -0.05) is 39.2 Å². The molecule has 0 rings (SSSR count). The molecule has 0 amide bonds. The van der Waals surface area contributed by atoms with E-state index in [9.17, 15) is 0 Å². The van der Waals surface area contributed by atoms with Crippen LogP contribution in [0.2, 0.25) is 0 Å². The first-order valence-corrected chi connectivity index (χ1v) is 4.39. The minimum atomic E-state index is 0.0157. The summed E-state index contributed by atoms with van der Waals surface area (Å²) in [5.74, 6) is 0.416. The van der Waals surface area contributed by atoms with Crippen LogP contribution in [0.4, 0.5) is 0 Å². The summed E-state index contributed by atoms with van der Waals surface area (Å²) in [5.41, 5.74) is 0.834. The van der Waals surface area contributed by atoms with E-state index >= 15 is 0 Å². The van der Waals surface area contributed by atoms with Gasteiger partial charge in [0.15, 0.2) is 0 Å². The normalized spacial score (nSPS) is 13.2. The molecule has 0 radical (unpaired) electrons. The van der Waals surface area contributed by atoms with Crippen molar-refractivity contribution in [3.8, 4) is 0 Å². The average molecular weight is 181 g/mol. The summed E-state index contributed by atoms with van der Waals surface area (Å²) in [6.45, 7) is 11.6. The maximum Gasteiger partial charge on any atom is 0.129 e. The molecule has 0 aromatic rings. The molecule has 2 heteroatoms. The molecular formula is C11H19NO. The first kappa shape index (κ1) is 12.0. The van der Waals surface area contributed by atoms with Crippen LogP contribution >= 0.6 is 0 Å². The Morgan fingerprint density at radius 1 is 1.46 bits per heavy atom. The van der Waals surface area contributed by atoms with E-state index < -0.39 is 0 Å². The average Bonchev–Trinajstić information content (AvgIpc) is 2.10. The lowest BCUT2D eigenvalue weighted by Gasteiger charge is -2.21. The maximum atomic E-state index is 5.23. The number of nitrogens with one attached hydrogen (secondary N) is 1. The molecule has 0 fully saturated rings. The first-order chi connectivity index (χ1) is 6.11. The van der Waals surface area contributed by atoms with Crippen LogP contribution in [0.25, 0.3) is 0 Å². The molecule has 2 nitrogen and oxygen atoms in total. The van der Waals surface area contributed by atoms with Crippen molar-refractivity contribution in [1.29, 1.82) is 0 Å². The predicted octanol–water partition coefficient (Wildman–Crippen LogP) is 2.46. The molecule has 74 valence electrons. The van der Waals surface area contributed by atoms with E-state index in [1.54, 1.807) is 13.2 Å². The highest BCUT2D eigenvalue weighted by molar-refractivity contribution is 5.16. The lowest BCUT2D eigenvalue weighted by molar-refractivity contribution is 0.0466. The van der Waals surface area contributed by atoms with Crippen molar-refractivity contribution in [2.75, 3.05) is 7.11 Å². The van der Waals surface area contributed by atoms with Crippen LogP contribution in [-0.4, -0.2) is 13.3 Å². The third kappa shape index (κ3) is 5.26. The van der Waals surface area contributed by atoms with Crippen molar-refractivity contribution in [3.63, 3.8) is 0 Å². The number of allylic oxidation sites excluding steroid dienone is 3. The quantitative estimate of drug-likeness (QED) is 0.502. The Morgan fingerprint density at radius 2 is 2.08 bits per heavy atom. The Bertz CT molecular complexity index is 194. The van der Waals surface area contributed by atoms with E-state index in [1.165, 1.54) is 0 Å². The molecule has 0 aliphatic carbocycles. The third-order valence-electron chi connectivity index (χ3n) is 1.62. The Balaban J connectivity index is 4.01. The number of methoxy groups -OCH3 is 1. The Hall–Kier alpha value is -1.02. The van der Waals surface area contributed by atoms with Gasteiger partial charge in [-0.15, -0.1) is 0 Å². The van der Waals surface area contributed by atoms with Gasteiger partial charge in [0.05, 0.1) is 0 Å². The lowest BCUT2D eigenvalue weighted by Crippen LogP contribution is -2.34. The molecule has 0 aliphatic rings. The van der Waals surface area contributed by atoms with Gasteiger partial charge in [-0.2, -0.15) is 0 Å². The summed E-state index contributed by atoms with van der Waals surface area (Å²) in [4.78, 5) is 0. The molecule has 0 aliphatic heterocycles. The number of ether oxygens (including phenoxy) is 1. The Kier molecular flexibility index (Phi) is 5.98. The summed E-state index contributed by atoms with van der Waals surface area (Å²) in [7, 11) is 1.68. The fourth-order valence-corrected chi connectivity index (χ4v) is 0.913. The van der Waals surface area contributed by atoms with Gasteiger partial charge in [-0.05, 0) is 12.0 Å². The minimum absolute atomic E-state index is 0.0157. The summed E-state index contributed by atoms with van der Waals surface area (Å²) < 4.78 is 5.23. The SMILES string of the molecule is C=C/C=C\C(=C)N[C@H](OC)C(C)C. The highest BCUT2D eigenvalue weighted by atomic mass is 16.5. The van der Waals surface area contributed by atoms with E-state index in [-0.39, 0.29) is 6.23 Å². The summed E-state index contributed by atoms with van der Waals surface area (Å²) >= 11 is 0. The number of rotatable bonds is 6. The van der Waals surface area contributed by atoms with Crippen molar-refractivity contribution in [1.82, 2.24) is 5.32 Å². The monoisotopic (exact) mass is 181 g/mol. The van der Waals surface area contributed by atoms with Crippen molar-refractivity contribution < 1.29 is 4.74 Å². The van der Waals surface area contributed by atoms with Crippen molar-refractivity contribution in [3.05, 3.63) is 37.1 Å². The number of hydrogen-bond acceptors (Lipinski definition) is 2. The summed E-state index contributed by atoms with van der Waals surface area (Å²) in [6, 6.07) is 0. The molecule has 0 bridgehead atoms. The molecule has 0 aromatic carbocycles. The fraction of sp³-hybridized carbons (Fsp3) is 0.455. The first-order valence-electron chi connectivity index (χ1n) is 4.39. The highest BCUT2D eigenvalue weighted by Gasteiger charge is 2.10. The second-order valence-corrected chi connectivity index (χ2v) is 3.16. The van der Waals surface area contributed by atoms with Crippen LogP contribution in [-0.2, 0) is 4.74 Å². The van der Waals surface area contributed by atoms with Crippen molar-refractivity contribution in [2.24, 2.45) is 5.92 Å². The van der Waals surface area contributed by atoms with Crippen LogP contribution < -0.4 is 5.32 Å². The zero-order chi connectivity index (χ0) is 10.3. The Labute approximate surface area is 81.0 Å². The second-order valence-electron chi connectivity index (χ2n) is 3.16. The molecule has 0 unspecified atom stereocenters. The molecule has 0 heterocycles. The molecule has 0 saturated carbocycles. The van der Waals surface area contributed by atoms with Crippen LogP contribution in [0.15, 0.2) is 37.1 Å². The van der Waals surface area contributed by atoms with Gasteiger partial charge >= 0.3 is 0 Å². The van der Waals surface area contributed by atoms with E-state index in [2.05, 4.69) is 32.3 Å². The molecule has 0 spiro atoms. The lowest BCUT2D eigenvalue weighted by atomic mass is 10.2. The van der Waals surface area contributed by atoms with Crippen LogP contribution in [0, 0.1) is 5.92 Å². The fourth-order valence-electron chi connectivity index (χ4n) is 0.913. The van der Waals surface area contributed by atoms with Crippen LogP contribution in [0.3, 0.4) is 0 Å². The zero-order valence-electron chi connectivity index (χ0n) is 8.71.